The molecule has 1 saturated carbocycles. The van der Waals surface area contributed by atoms with Crippen LogP contribution < -0.4 is 10.9 Å². The topological polar surface area (TPSA) is 67.0 Å². The summed E-state index contributed by atoms with van der Waals surface area (Å²) in [5, 5.41) is 12.5. The minimum Gasteiger partial charge on any atom is -0.382 e. The van der Waals surface area contributed by atoms with Crippen LogP contribution in [-0.4, -0.2) is 23.8 Å². The fourth-order valence-electron chi connectivity index (χ4n) is 3.78. The van der Waals surface area contributed by atoms with E-state index in [9.17, 15) is 23.2 Å². The third kappa shape index (κ3) is 4.36. The molecule has 0 spiro atoms. The monoisotopic (exact) mass is 417 g/mol. The lowest BCUT2D eigenvalue weighted by atomic mass is 9.98. The number of nitriles is 1. The molecule has 0 bridgehead atoms. The Morgan fingerprint density at radius 3 is 2.53 bits per heavy atom. The SMILES string of the molecule is N#Cc1c(-c2ccc(NC3CCOCC3)c(C(F)(F)F)c2)ccn(CC2CC2)c1=O. The van der Waals surface area contributed by atoms with Gasteiger partial charge < -0.3 is 14.6 Å². The molecule has 8 heteroatoms. The molecule has 1 aromatic carbocycles. The van der Waals surface area contributed by atoms with Gasteiger partial charge in [-0.15, -0.1) is 0 Å². The molecule has 2 aliphatic rings. The summed E-state index contributed by atoms with van der Waals surface area (Å²) < 4.78 is 48.1. The number of hydrogen-bond donors (Lipinski definition) is 1. The van der Waals surface area contributed by atoms with Gasteiger partial charge in [-0.3, -0.25) is 4.79 Å². The molecule has 1 aromatic heterocycles. The molecule has 1 saturated heterocycles. The number of benzene rings is 1. The van der Waals surface area contributed by atoms with Crippen molar-refractivity contribution in [3.8, 4) is 17.2 Å². The van der Waals surface area contributed by atoms with Gasteiger partial charge in [-0.2, -0.15) is 18.4 Å². The number of aromatic nitrogens is 1. The molecule has 30 heavy (non-hydrogen) atoms. The summed E-state index contributed by atoms with van der Waals surface area (Å²) in [5.41, 5.74) is -0.975. The van der Waals surface area contributed by atoms with E-state index in [0.717, 1.165) is 18.9 Å². The second-order valence-corrected chi connectivity index (χ2v) is 7.91. The summed E-state index contributed by atoms with van der Waals surface area (Å²) >= 11 is 0. The molecule has 0 radical (unpaired) electrons. The Labute approximate surface area is 172 Å². The van der Waals surface area contributed by atoms with E-state index >= 15 is 0 Å². The lowest BCUT2D eigenvalue weighted by Gasteiger charge is -2.26. The molecular formula is C22H22F3N3O2. The first-order valence-electron chi connectivity index (χ1n) is 10.1. The Kier molecular flexibility index (Phi) is 5.56. The smallest absolute Gasteiger partial charge is 0.382 e. The predicted octanol–water partition coefficient (Wildman–Crippen LogP) is 4.41. The summed E-state index contributed by atoms with van der Waals surface area (Å²) in [7, 11) is 0. The van der Waals surface area contributed by atoms with E-state index < -0.39 is 17.3 Å². The van der Waals surface area contributed by atoms with Gasteiger partial charge in [0.15, 0.2) is 0 Å². The van der Waals surface area contributed by atoms with Crippen molar-refractivity contribution in [1.82, 2.24) is 4.57 Å². The quantitative estimate of drug-likeness (QED) is 0.783. The molecule has 0 unspecified atom stereocenters. The highest BCUT2D eigenvalue weighted by molar-refractivity contribution is 5.73. The molecule has 158 valence electrons. The van der Waals surface area contributed by atoms with Gasteiger partial charge in [-0.25, -0.2) is 0 Å². The molecule has 5 nitrogen and oxygen atoms in total. The van der Waals surface area contributed by atoms with Crippen molar-refractivity contribution in [3.05, 3.63) is 51.9 Å². The normalized spacial score (nSPS) is 17.5. The zero-order valence-electron chi connectivity index (χ0n) is 16.3. The Morgan fingerprint density at radius 1 is 1.17 bits per heavy atom. The number of halogens is 3. The van der Waals surface area contributed by atoms with Crippen LogP contribution >= 0.6 is 0 Å². The molecule has 0 amide bonds. The number of nitrogens with zero attached hydrogens (tertiary/aromatic N) is 2. The summed E-state index contributed by atoms with van der Waals surface area (Å²) in [6, 6.07) is 7.28. The Morgan fingerprint density at radius 2 is 1.90 bits per heavy atom. The molecule has 1 aliphatic carbocycles. The minimum absolute atomic E-state index is 0.00117. The van der Waals surface area contributed by atoms with Crippen LogP contribution in [0.2, 0.25) is 0 Å². The van der Waals surface area contributed by atoms with E-state index in [1.807, 2.05) is 6.07 Å². The molecule has 2 heterocycles. The van der Waals surface area contributed by atoms with E-state index in [-0.39, 0.29) is 28.4 Å². The maximum Gasteiger partial charge on any atom is 0.418 e. The van der Waals surface area contributed by atoms with E-state index in [4.69, 9.17) is 4.74 Å². The molecule has 2 aromatic rings. The second-order valence-electron chi connectivity index (χ2n) is 7.91. The van der Waals surface area contributed by atoms with Crippen LogP contribution in [-0.2, 0) is 17.5 Å². The average molecular weight is 417 g/mol. The molecule has 1 N–H and O–H groups in total. The number of pyridine rings is 1. The molecular weight excluding hydrogens is 395 g/mol. The Bertz CT molecular complexity index is 1030. The first-order valence-corrected chi connectivity index (χ1v) is 10.1. The fourth-order valence-corrected chi connectivity index (χ4v) is 3.78. The standard InChI is InChI=1S/C22H22F3N3O2/c23-22(24,25)19-11-15(3-4-20(19)27-16-6-9-30-10-7-16)17-5-8-28(13-14-1-2-14)21(29)18(17)12-26/h3-5,8,11,14,16,27H,1-2,6-7,9-10,13H2. The highest BCUT2D eigenvalue weighted by Gasteiger charge is 2.35. The highest BCUT2D eigenvalue weighted by atomic mass is 19.4. The van der Waals surface area contributed by atoms with Crippen molar-refractivity contribution in [3.63, 3.8) is 0 Å². The van der Waals surface area contributed by atoms with Crippen LogP contribution in [0.5, 0.6) is 0 Å². The van der Waals surface area contributed by atoms with Crippen LogP contribution in [0, 0.1) is 17.2 Å². The maximum absolute atomic E-state index is 13.8. The summed E-state index contributed by atoms with van der Waals surface area (Å²) in [5.74, 6) is 0.437. The first kappa shape index (κ1) is 20.5. The van der Waals surface area contributed by atoms with Gasteiger partial charge in [-0.05, 0) is 55.4 Å². The van der Waals surface area contributed by atoms with E-state index in [1.165, 1.54) is 16.7 Å². The number of alkyl halides is 3. The van der Waals surface area contributed by atoms with Gasteiger partial charge in [0.25, 0.3) is 5.56 Å². The van der Waals surface area contributed by atoms with Crippen LogP contribution in [0.15, 0.2) is 35.3 Å². The first-order chi connectivity index (χ1) is 14.4. The number of nitrogens with one attached hydrogen (secondary N) is 1. The van der Waals surface area contributed by atoms with Gasteiger partial charge in [0.1, 0.15) is 11.6 Å². The van der Waals surface area contributed by atoms with Crippen molar-refractivity contribution in [2.75, 3.05) is 18.5 Å². The largest absolute Gasteiger partial charge is 0.418 e. The highest BCUT2D eigenvalue weighted by Crippen LogP contribution is 2.38. The van der Waals surface area contributed by atoms with Gasteiger partial charge in [0.2, 0.25) is 0 Å². The second kappa shape index (κ2) is 8.15. The van der Waals surface area contributed by atoms with Crippen molar-refractivity contribution in [1.29, 1.82) is 5.26 Å². The maximum atomic E-state index is 13.8. The third-order valence-corrected chi connectivity index (χ3v) is 5.65. The molecule has 0 atom stereocenters. The van der Waals surface area contributed by atoms with Gasteiger partial charge >= 0.3 is 6.18 Å². The predicted molar refractivity (Wildman–Crippen MR) is 106 cm³/mol. The number of rotatable bonds is 5. The average Bonchev–Trinajstić information content (AvgIpc) is 3.54. The van der Waals surface area contributed by atoms with Crippen LogP contribution in [0.3, 0.4) is 0 Å². The van der Waals surface area contributed by atoms with Crippen molar-refractivity contribution >= 4 is 5.69 Å². The van der Waals surface area contributed by atoms with Gasteiger partial charge in [-0.1, -0.05) is 6.07 Å². The third-order valence-electron chi connectivity index (χ3n) is 5.65. The lowest BCUT2D eigenvalue weighted by Crippen LogP contribution is -2.29. The summed E-state index contributed by atoms with van der Waals surface area (Å²) in [4.78, 5) is 12.7. The zero-order chi connectivity index (χ0) is 21.3. The van der Waals surface area contributed by atoms with Gasteiger partial charge in [0, 0.05) is 43.2 Å². The summed E-state index contributed by atoms with van der Waals surface area (Å²) in [6.07, 6.45) is 0.364. The van der Waals surface area contributed by atoms with Crippen molar-refractivity contribution in [2.45, 2.75) is 44.4 Å². The minimum atomic E-state index is -4.57. The zero-order valence-corrected chi connectivity index (χ0v) is 16.3. The van der Waals surface area contributed by atoms with Crippen LogP contribution in [0.4, 0.5) is 18.9 Å². The van der Waals surface area contributed by atoms with Crippen molar-refractivity contribution < 1.29 is 17.9 Å². The van der Waals surface area contributed by atoms with Crippen LogP contribution in [0.1, 0.15) is 36.8 Å². The Hall–Kier alpha value is -2.79. The number of ether oxygens (including phenoxy) is 1. The Balaban J connectivity index is 1.71. The molecule has 4 rings (SSSR count). The fraction of sp³-hybridized carbons (Fsp3) is 0.455. The van der Waals surface area contributed by atoms with E-state index in [0.29, 0.717) is 38.5 Å². The number of hydrogen-bond acceptors (Lipinski definition) is 4. The van der Waals surface area contributed by atoms with E-state index in [1.54, 1.807) is 12.3 Å². The summed E-state index contributed by atoms with van der Waals surface area (Å²) in [6.45, 7) is 1.56. The van der Waals surface area contributed by atoms with Gasteiger partial charge in [0.05, 0.1) is 5.56 Å². The molecule has 1 aliphatic heterocycles. The van der Waals surface area contributed by atoms with Crippen LogP contribution in [0.25, 0.3) is 11.1 Å². The van der Waals surface area contributed by atoms with E-state index in [2.05, 4.69) is 5.32 Å². The lowest BCUT2D eigenvalue weighted by molar-refractivity contribution is -0.136. The number of anilines is 1. The van der Waals surface area contributed by atoms with Crippen molar-refractivity contribution in [2.24, 2.45) is 5.92 Å². The molecule has 2 fully saturated rings.